The number of hydrogen-bond acceptors (Lipinski definition) is 5. The van der Waals surface area contributed by atoms with Crippen LogP contribution in [0.25, 0.3) is 21.9 Å². The first-order valence-corrected chi connectivity index (χ1v) is 10.4. The van der Waals surface area contributed by atoms with Crippen molar-refractivity contribution < 1.29 is 14.3 Å². The van der Waals surface area contributed by atoms with Crippen molar-refractivity contribution in [3.05, 3.63) is 69.6 Å². The molecule has 4 rings (SSSR count). The number of para-hydroxylation sites is 1. The Kier molecular flexibility index (Phi) is 5.36. The topological polar surface area (TPSA) is 84.2 Å². The molecule has 0 aliphatic rings. The van der Waals surface area contributed by atoms with E-state index >= 15 is 0 Å². The summed E-state index contributed by atoms with van der Waals surface area (Å²) in [5.41, 5.74) is 0.517. The van der Waals surface area contributed by atoms with E-state index < -0.39 is 18.3 Å². The number of benzene rings is 2. The summed E-state index contributed by atoms with van der Waals surface area (Å²) in [7, 11) is 0. The first kappa shape index (κ1) is 20.2. The average molecular weight is 444 g/mol. The fourth-order valence-electron chi connectivity index (χ4n) is 3.33. The number of carboxylic acids is 1. The van der Waals surface area contributed by atoms with Gasteiger partial charge in [0.05, 0.1) is 26.5 Å². The Balaban J connectivity index is 2.04. The fraction of sp³-hybridized carbons (Fsp3) is 0.0952. The Hall–Kier alpha value is -3.10. The van der Waals surface area contributed by atoms with Crippen molar-refractivity contribution in [2.75, 3.05) is 11.6 Å². The second-order valence-corrected chi connectivity index (χ2v) is 7.68. The monoisotopic (exact) mass is 443 g/mol. The summed E-state index contributed by atoms with van der Waals surface area (Å²) < 4.78 is 15.5. The van der Waals surface area contributed by atoms with E-state index in [9.17, 15) is 19.1 Å². The molecule has 0 spiro atoms. The number of carbonyl (C=O) groups is 1. The highest BCUT2D eigenvalue weighted by atomic mass is 35.5. The molecule has 0 aliphatic heterocycles. The molecule has 0 fully saturated rings. The summed E-state index contributed by atoms with van der Waals surface area (Å²) in [6, 6.07) is 12.4. The van der Waals surface area contributed by atoms with E-state index in [-0.39, 0.29) is 28.0 Å². The number of anilines is 2. The van der Waals surface area contributed by atoms with Gasteiger partial charge in [-0.3, -0.25) is 9.59 Å². The molecule has 0 saturated carbocycles. The van der Waals surface area contributed by atoms with Gasteiger partial charge >= 0.3 is 5.97 Å². The molecule has 2 aromatic carbocycles. The van der Waals surface area contributed by atoms with Crippen molar-refractivity contribution >= 4 is 62.8 Å². The molecular weight excluding hydrogens is 429 g/mol. The zero-order chi connectivity index (χ0) is 21.4. The molecule has 0 unspecified atom stereocenters. The highest BCUT2D eigenvalue weighted by Crippen LogP contribution is 2.34. The lowest BCUT2D eigenvalue weighted by Gasteiger charge is -2.17. The maximum atomic E-state index is 14.0. The van der Waals surface area contributed by atoms with Crippen LogP contribution >= 0.6 is 23.4 Å². The number of halogens is 2. The Morgan fingerprint density at radius 3 is 2.63 bits per heavy atom. The van der Waals surface area contributed by atoms with Crippen LogP contribution in [0.3, 0.4) is 0 Å². The molecule has 152 valence electrons. The van der Waals surface area contributed by atoms with E-state index in [1.807, 2.05) is 0 Å². The van der Waals surface area contributed by atoms with Gasteiger partial charge in [-0.15, -0.1) is 11.8 Å². The molecule has 4 aromatic rings. The van der Waals surface area contributed by atoms with Crippen LogP contribution in [0.1, 0.15) is 0 Å². The first-order chi connectivity index (χ1) is 14.4. The van der Waals surface area contributed by atoms with Crippen LogP contribution < -0.4 is 10.7 Å². The maximum Gasteiger partial charge on any atom is 0.323 e. The maximum absolute atomic E-state index is 14.0. The summed E-state index contributed by atoms with van der Waals surface area (Å²) in [5.74, 6) is -1.28. The number of fused-ring (bicyclic) bond motifs is 2. The first-order valence-electron chi connectivity index (χ1n) is 8.84. The summed E-state index contributed by atoms with van der Waals surface area (Å²) in [5, 5.41) is 13.4. The van der Waals surface area contributed by atoms with Crippen molar-refractivity contribution in [2.24, 2.45) is 0 Å². The summed E-state index contributed by atoms with van der Waals surface area (Å²) in [4.78, 5) is 29.7. The Labute approximate surface area is 179 Å². The minimum atomic E-state index is -1.09. The number of hydrogen-bond donors (Lipinski definition) is 2. The van der Waals surface area contributed by atoms with E-state index in [0.717, 1.165) is 0 Å². The van der Waals surface area contributed by atoms with Crippen LogP contribution in [0.4, 0.5) is 15.9 Å². The molecule has 0 bridgehead atoms. The van der Waals surface area contributed by atoms with Gasteiger partial charge in [-0.2, -0.15) is 0 Å². The van der Waals surface area contributed by atoms with Gasteiger partial charge in [0, 0.05) is 5.39 Å². The van der Waals surface area contributed by atoms with Crippen molar-refractivity contribution in [3.63, 3.8) is 0 Å². The van der Waals surface area contributed by atoms with Gasteiger partial charge in [0.25, 0.3) is 0 Å². The quantitative estimate of drug-likeness (QED) is 0.337. The summed E-state index contributed by atoms with van der Waals surface area (Å²) >= 11 is 7.63. The number of carboxylic acid groups (broad SMARTS) is 1. The zero-order valence-corrected chi connectivity index (χ0v) is 17.2. The summed E-state index contributed by atoms with van der Waals surface area (Å²) in [6.45, 7) is -0.419. The number of rotatable bonds is 5. The van der Waals surface area contributed by atoms with E-state index in [4.69, 9.17) is 11.6 Å². The van der Waals surface area contributed by atoms with Gasteiger partial charge < -0.3 is 15.0 Å². The normalized spacial score (nSPS) is 11.2. The lowest BCUT2D eigenvalue weighted by Crippen LogP contribution is -2.18. The lowest BCUT2D eigenvalue weighted by molar-refractivity contribution is -0.137. The van der Waals surface area contributed by atoms with E-state index in [1.165, 1.54) is 22.4 Å². The third kappa shape index (κ3) is 3.48. The number of pyridine rings is 2. The minimum Gasteiger partial charge on any atom is -0.480 e. The number of nitrogens with zero attached hydrogens (tertiary/aromatic N) is 2. The molecule has 0 aliphatic carbocycles. The highest BCUT2D eigenvalue weighted by molar-refractivity contribution is 7.99. The van der Waals surface area contributed by atoms with Crippen LogP contribution in [0, 0.1) is 5.82 Å². The van der Waals surface area contributed by atoms with Gasteiger partial charge in [-0.25, -0.2) is 9.37 Å². The third-order valence-corrected chi connectivity index (χ3v) is 5.86. The summed E-state index contributed by atoms with van der Waals surface area (Å²) in [6.07, 6.45) is 1.80. The molecule has 0 atom stereocenters. The molecule has 30 heavy (non-hydrogen) atoms. The molecule has 6 nitrogen and oxygen atoms in total. The van der Waals surface area contributed by atoms with Crippen LogP contribution in [-0.4, -0.2) is 26.9 Å². The molecular formula is C21H15ClFN3O3S. The van der Waals surface area contributed by atoms with Gasteiger partial charge in [0.2, 0.25) is 0 Å². The molecule has 0 amide bonds. The Morgan fingerprint density at radius 1 is 1.20 bits per heavy atom. The van der Waals surface area contributed by atoms with Gasteiger partial charge in [-0.05, 0) is 42.7 Å². The molecule has 0 radical (unpaired) electrons. The van der Waals surface area contributed by atoms with Gasteiger partial charge in [-0.1, -0.05) is 23.7 Å². The van der Waals surface area contributed by atoms with Gasteiger partial charge in [0.15, 0.2) is 5.43 Å². The van der Waals surface area contributed by atoms with Crippen LogP contribution in [0.5, 0.6) is 0 Å². The predicted molar refractivity (Wildman–Crippen MR) is 118 cm³/mol. The van der Waals surface area contributed by atoms with E-state index in [1.54, 1.807) is 48.7 Å². The highest BCUT2D eigenvalue weighted by Gasteiger charge is 2.19. The fourth-order valence-corrected chi connectivity index (χ4v) is 4.39. The van der Waals surface area contributed by atoms with Crippen LogP contribution in [0.15, 0.2) is 58.2 Å². The molecule has 2 heterocycles. The second kappa shape index (κ2) is 7.97. The number of aliphatic carboxylic acids is 1. The van der Waals surface area contributed by atoms with Crippen LogP contribution in [0.2, 0.25) is 5.02 Å². The molecule has 2 N–H and O–H groups in total. The molecule has 2 aromatic heterocycles. The van der Waals surface area contributed by atoms with Crippen molar-refractivity contribution in [2.45, 2.75) is 11.4 Å². The molecule has 0 saturated heterocycles. The second-order valence-electron chi connectivity index (χ2n) is 6.46. The van der Waals surface area contributed by atoms with E-state index in [0.29, 0.717) is 20.8 Å². The minimum absolute atomic E-state index is 0.175. The largest absolute Gasteiger partial charge is 0.480 e. The number of nitrogens with one attached hydrogen (secondary N) is 1. The lowest BCUT2D eigenvalue weighted by atomic mass is 10.1. The van der Waals surface area contributed by atoms with Crippen LogP contribution in [-0.2, 0) is 11.3 Å². The van der Waals surface area contributed by atoms with Crippen molar-refractivity contribution in [1.29, 1.82) is 0 Å². The third-order valence-electron chi connectivity index (χ3n) is 4.61. The predicted octanol–water partition coefficient (Wildman–Crippen LogP) is 4.89. The number of aromatic nitrogens is 2. The van der Waals surface area contributed by atoms with E-state index in [2.05, 4.69) is 10.3 Å². The average Bonchev–Trinajstić information content (AvgIpc) is 2.72. The van der Waals surface area contributed by atoms with Crippen molar-refractivity contribution in [3.8, 4) is 0 Å². The smallest absolute Gasteiger partial charge is 0.323 e. The SMILES string of the molecule is CSc1c(Cl)ccc2c(=O)c3ccc(Nc4ccccc4F)nc3n(CC(=O)O)c12. The van der Waals surface area contributed by atoms with Gasteiger partial charge in [0.1, 0.15) is 23.8 Å². The molecule has 9 heteroatoms. The standard InChI is InChI=1S/C21H15ClFN3O3S/c1-30-20-13(22)8-6-11-18(20)26(10-17(27)28)21-12(19(11)29)7-9-16(25-21)24-15-5-3-2-4-14(15)23/h2-9H,10H2,1H3,(H,24,25)(H,27,28). The Bertz CT molecular complexity index is 1370. The zero-order valence-electron chi connectivity index (χ0n) is 15.6. The number of thioether (sulfide) groups is 1. The van der Waals surface area contributed by atoms with Crippen molar-refractivity contribution in [1.82, 2.24) is 9.55 Å². The Morgan fingerprint density at radius 2 is 1.93 bits per heavy atom.